The Balaban J connectivity index is 1.58. The van der Waals surface area contributed by atoms with Crippen LogP contribution in [-0.2, 0) is 16.1 Å². The summed E-state index contributed by atoms with van der Waals surface area (Å²) in [5.41, 5.74) is 3.32. The molecule has 1 aliphatic rings. The molecule has 9 heteroatoms. The second kappa shape index (κ2) is 12.2. The van der Waals surface area contributed by atoms with Crippen molar-refractivity contribution in [1.29, 1.82) is 0 Å². The molecular weight excluding hydrogens is 639 g/mol. The van der Waals surface area contributed by atoms with E-state index in [1.807, 2.05) is 78.9 Å². The van der Waals surface area contributed by atoms with Crippen molar-refractivity contribution in [3.63, 3.8) is 0 Å². The standard InChI is InChI=1S/C31H27IN2O5S/c1-4-38-30(36)26-19(2)33-31-34(27(26)22-13-9-6-10-14-22)29(35)25(40-31)17-21-15-23(32)28(24(16-21)37-3)39-18-20-11-7-5-8-12-20/h5-17,27H,4,18H2,1-3H3/b25-17+/t27-/m0/s1. The van der Waals surface area contributed by atoms with Gasteiger partial charge in [-0.2, -0.15) is 0 Å². The van der Waals surface area contributed by atoms with Crippen LogP contribution < -0.4 is 24.4 Å². The zero-order chi connectivity index (χ0) is 28.2. The van der Waals surface area contributed by atoms with E-state index in [-0.39, 0.29) is 12.2 Å². The minimum absolute atomic E-state index is 0.229. The summed E-state index contributed by atoms with van der Waals surface area (Å²) < 4.78 is 20.0. The fourth-order valence-electron chi connectivity index (χ4n) is 4.59. The van der Waals surface area contributed by atoms with Gasteiger partial charge in [-0.1, -0.05) is 72.0 Å². The van der Waals surface area contributed by atoms with Crippen molar-refractivity contribution in [3.8, 4) is 11.5 Å². The van der Waals surface area contributed by atoms with E-state index in [1.165, 1.54) is 11.3 Å². The Kier molecular flexibility index (Phi) is 8.51. The average molecular weight is 667 g/mol. The van der Waals surface area contributed by atoms with Gasteiger partial charge >= 0.3 is 5.97 Å². The van der Waals surface area contributed by atoms with Crippen molar-refractivity contribution < 1.29 is 19.0 Å². The normalized spacial score (nSPS) is 14.9. The quantitative estimate of drug-likeness (QED) is 0.196. The number of nitrogens with zero attached hydrogens (tertiary/aromatic N) is 2. The Hall–Kier alpha value is -3.70. The van der Waals surface area contributed by atoms with E-state index in [0.717, 1.165) is 20.3 Å². The van der Waals surface area contributed by atoms with Gasteiger partial charge in [0.25, 0.3) is 5.56 Å². The van der Waals surface area contributed by atoms with E-state index in [1.54, 1.807) is 25.5 Å². The van der Waals surface area contributed by atoms with Crippen molar-refractivity contribution >= 4 is 46.0 Å². The van der Waals surface area contributed by atoms with Crippen LogP contribution in [-0.4, -0.2) is 24.3 Å². The van der Waals surface area contributed by atoms with Gasteiger partial charge in [0.05, 0.1) is 39.1 Å². The van der Waals surface area contributed by atoms with Gasteiger partial charge in [0.1, 0.15) is 6.61 Å². The first-order chi connectivity index (χ1) is 19.4. The number of benzene rings is 3. The molecule has 4 aromatic rings. The Morgan fingerprint density at radius 3 is 2.48 bits per heavy atom. The lowest BCUT2D eigenvalue weighted by atomic mass is 9.96. The van der Waals surface area contributed by atoms with Gasteiger partial charge in [0, 0.05) is 0 Å². The second-order valence-electron chi connectivity index (χ2n) is 9.02. The molecule has 204 valence electrons. The molecule has 2 heterocycles. The molecule has 7 nitrogen and oxygen atoms in total. The van der Waals surface area contributed by atoms with Gasteiger partial charge in [0.2, 0.25) is 0 Å². The molecule has 0 unspecified atom stereocenters. The molecule has 0 fully saturated rings. The van der Waals surface area contributed by atoms with E-state index in [9.17, 15) is 9.59 Å². The highest BCUT2D eigenvalue weighted by atomic mass is 127. The summed E-state index contributed by atoms with van der Waals surface area (Å²) in [6.45, 7) is 4.18. The summed E-state index contributed by atoms with van der Waals surface area (Å²) in [7, 11) is 1.60. The minimum Gasteiger partial charge on any atom is -0.493 e. The van der Waals surface area contributed by atoms with Crippen LogP contribution in [0.2, 0.25) is 0 Å². The lowest BCUT2D eigenvalue weighted by Crippen LogP contribution is -2.39. The molecule has 3 aromatic carbocycles. The zero-order valence-electron chi connectivity index (χ0n) is 22.2. The molecule has 1 aromatic heterocycles. The maximum absolute atomic E-state index is 13.8. The third-order valence-corrected chi connectivity index (χ3v) is 8.19. The summed E-state index contributed by atoms with van der Waals surface area (Å²) in [4.78, 5) is 32.0. The van der Waals surface area contributed by atoms with Crippen LogP contribution in [0.1, 0.15) is 36.6 Å². The largest absolute Gasteiger partial charge is 0.493 e. The lowest BCUT2D eigenvalue weighted by molar-refractivity contribution is -0.139. The molecule has 1 atom stereocenters. The number of hydrogen-bond donors (Lipinski definition) is 0. The van der Waals surface area contributed by atoms with Gasteiger partial charge in [-0.25, -0.2) is 9.79 Å². The number of aromatic nitrogens is 1. The fourth-order valence-corrected chi connectivity index (χ4v) is 6.41. The summed E-state index contributed by atoms with van der Waals surface area (Å²) in [6.07, 6.45) is 1.82. The van der Waals surface area contributed by atoms with Gasteiger partial charge in [-0.3, -0.25) is 9.36 Å². The van der Waals surface area contributed by atoms with E-state index in [4.69, 9.17) is 14.2 Å². The highest BCUT2D eigenvalue weighted by Gasteiger charge is 2.33. The third kappa shape index (κ3) is 5.62. The Labute approximate surface area is 249 Å². The number of thiazole rings is 1. The van der Waals surface area contributed by atoms with Crippen LogP contribution in [0, 0.1) is 3.57 Å². The number of fused-ring (bicyclic) bond motifs is 1. The predicted octanol–water partition coefficient (Wildman–Crippen LogP) is 4.99. The number of allylic oxidation sites excluding steroid dienone is 1. The third-order valence-electron chi connectivity index (χ3n) is 6.41. The van der Waals surface area contributed by atoms with Crippen LogP contribution in [0.25, 0.3) is 6.08 Å². The topological polar surface area (TPSA) is 79.1 Å². The molecule has 0 spiro atoms. The summed E-state index contributed by atoms with van der Waals surface area (Å²) in [5, 5.41) is 0. The van der Waals surface area contributed by atoms with Gasteiger partial charge in [-0.05, 0) is 71.3 Å². The Bertz CT molecular complexity index is 1760. The molecule has 0 amide bonds. The SMILES string of the molecule is CCOC(=O)C1=C(C)N=c2s/c(=C/c3cc(I)c(OCc4ccccc4)c(OC)c3)c(=O)n2[C@H]1c1ccccc1. The molecule has 0 N–H and O–H groups in total. The molecule has 0 saturated heterocycles. The highest BCUT2D eigenvalue weighted by Crippen LogP contribution is 2.35. The van der Waals surface area contributed by atoms with Gasteiger partial charge in [0.15, 0.2) is 16.3 Å². The lowest BCUT2D eigenvalue weighted by Gasteiger charge is -2.24. The van der Waals surface area contributed by atoms with Crippen molar-refractivity contribution in [2.75, 3.05) is 13.7 Å². The number of rotatable bonds is 8. The van der Waals surface area contributed by atoms with Crippen molar-refractivity contribution in [1.82, 2.24) is 4.57 Å². The van der Waals surface area contributed by atoms with Crippen LogP contribution in [0.4, 0.5) is 0 Å². The first-order valence-electron chi connectivity index (χ1n) is 12.7. The molecule has 0 radical (unpaired) electrons. The average Bonchev–Trinajstić information content (AvgIpc) is 3.26. The highest BCUT2D eigenvalue weighted by molar-refractivity contribution is 14.1. The maximum Gasteiger partial charge on any atom is 0.338 e. The van der Waals surface area contributed by atoms with E-state index in [2.05, 4.69) is 27.6 Å². The monoisotopic (exact) mass is 666 g/mol. The Morgan fingerprint density at radius 1 is 1.10 bits per heavy atom. The smallest absolute Gasteiger partial charge is 0.338 e. The summed E-state index contributed by atoms with van der Waals surface area (Å²) >= 11 is 3.50. The van der Waals surface area contributed by atoms with Crippen molar-refractivity contribution in [3.05, 3.63) is 124 Å². The van der Waals surface area contributed by atoms with Crippen LogP contribution in [0.15, 0.2) is 93.9 Å². The Morgan fingerprint density at radius 2 is 1.80 bits per heavy atom. The summed E-state index contributed by atoms with van der Waals surface area (Å²) in [6, 6.07) is 22.6. The van der Waals surface area contributed by atoms with Gasteiger partial charge < -0.3 is 14.2 Å². The molecule has 0 aliphatic carbocycles. The molecule has 0 bridgehead atoms. The zero-order valence-corrected chi connectivity index (χ0v) is 25.2. The number of carbonyl (C=O) groups excluding carboxylic acids is 1. The van der Waals surface area contributed by atoms with Crippen molar-refractivity contribution in [2.45, 2.75) is 26.5 Å². The maximum atomic E-state index is 13.8. The molecular formula is C31H27IN2O5S. The molecule has 1 aliphatic heterocycles. The van der Waals surface area contributed by atoms with E-state index in [0.29, 0.717) is 38.7 Å². The number of hydrogen-bond acceptors (Lipinski definition) is 7. The number of halogens is 1. The summed E-state index contributed by atoms with van der Waals surface area (Å²) in [5.74, 6) is 0.742. The molecule has 40 heavy (non-hydrogen) atoms. The second-order valence-corrected chi connectivity index (χ2v) is 11.2. The number of methoxy groups -OCH3 is 1. The van der Waals surface area contributed by atoms with Gasteiger partial charge in [-0.15, -0.1) is 0 Å². The number of ether oxygens (including phenoxy) is 3. The predicted molar refractivity (Wildman–Crippen MR) is 163 cm³/mol. The van der Waals surface area contributed by atoms with Crippen LogP contribution in [0.5, 0.6) is 11.5 Å². The molecule has 0 saturated carbocycles. The number of esters is 1. The first kappa shape index (κ1) is 27.9. The number of carbonyl (C=O) groups is 1. The van der Waals surface area contributed by atoms with E-state index < -0.39 is 12.0 Å². The minimum atomic E-state index is -0.637. The van der Waals surface area contributed by atoms with Crippen LogP contribution >= 0.6 is 33.9 Å². The van der Waals surface area contributed by atoms with Crippen molar-refractivity contribution in [2.24, 2.45) is 4.99 Å². The van der Waals surface area contributed by atoms with E-state index >= 15 is 0 Å². The van der Waals surface area contributed by atoms with Crippen LogP contribution in [0.3, 0.4) is 0 Å². The molecule has 5 rings (SSSR count). The first-order valence-corrected chi connectivity index (χ1v) is 14.6. The fraction of sp³-hybridized carbons (Fsp3) is 0.194.